The minimum absolute atomic E-state index is 0.295. The minimum Gasteiger partial charge on any atom is -0.496 e. The summed E-state index contributed by atoms with van der Waals surface area (Å²) in [5, 5.41) is 10.7. The lowest BCUT2D eigenvalue weighted by molar-refractivity contribution is 0.102. The van der Waals surface area contributed by atoms with E-state index < -0.39 is 0 Å². The van der Waals surface area contributed by atoms with Crippen molar-refractivity contribution in [1.82, 2.24) is 10.3 Å². The lowest BCUT2D eigenvalue weighted by Crippen LogP contribution is -2.14. The zero-order valence-corrected chi connectivity index (χ0v) is 15.1. The van der Waals surface area contributed by atoms with Crippen LogP contribution in [0.3, 0.4) is 0 Å². The van der Waals surface area contributed by atoms with Crippen LogP contribution in [0.2, 0.25) is 0 Å². The Morgan fingerprint density at radius 3 is 2.65 bits per heavy atom. The summed E-state index contributed by atoms with van der Waals surface area (Å²) in [4.78, 5) is 12.7. The van der Waals surface area contributed by atoms with Crippen molar-refractivity contribution in [3.63, 3.8) is 0 Å². The number of para-hydroxylation sites is 1. The molecule has 0 radical (unpaired) electrons. The molecule has 0 fully saturated rings. The third kappa shape index (κ3) is 3.44. The second kappa shape index (κ2) is 7.82. The van der Waals surface area contributed by atoms with Crippen molar-refractivity contribution in [2.45, 2.75) is 26.7 Å². The van der Waals surface area contributed by atoms with Crippen LogP contribution >= 0.6 is 0 Å². The number of aryl methyl sites for hydroxylation is 2. The van der Waals surface area contributed by atoms with Crippen molar-refractivity contribution in [1.29, 1.82) is 0 Å². The average Bonchev–Trinajstić information content (AvgIpc) is 3.15. The molecule has 1 aromatic heterocycles. The fraction of sp³-hybridized carbons (Fsp3) is 0.250. The van der Waals surface area contributed by atoms with E-state index in [1.807, 2.05) is 6.07 Å². The lowest BCUT2D eigenvalue weighted by Gasteiger charge is -2.10. The number of ether oxygens (including phenoxy) is 1. The lowest BCUT2D eigenvalue weighted by atomic mass is 9.98. The number of amides is 1. The molecule has 0 atom stereocenters. The third-order valence-electron chi connectivity index (χ3n) is 4.29. The van der Waals surface area contributed by atoms with Crippen LogP contribution in [0.4, 0.5) is 5.82 Å². The zero-order valence-electron chi connectivity index (χ0n) is 15.1. The highest BCUT2D eigenvalue weighted by Gasteiger charge is 2.20. The zero-order chi connectivity index (χ0) is 18.5. The number of nitrogens with zero attached hydrogens (tertiary/aromatic N) is 2. The SMILES string of the molecule is CCc1ccc(CC)c(-c2nonc2NC(=O)c2ccccc2OC)c1. The average molecular weight is 351 g/mol. The molecule has 1 heterocycles. The number of aromatic nitrogens is 2. The minimum atomic E-state index is -0.330. The molecule has 0 spiro atoms. The van der Waals surface area contributed by atoms with Crippen LogP contribution in [0.5, 0.6) is 5.75 Å². The van der Waals surface area contributed by atoms with Gasteiger partial charge in [-0.25, -0.2) is 4.63 Å². The second-order valence-corrected chi connectivity index (χ2v) is 5.81. The smallest absolute Gasteiger partial charge is 0.260 e. The second-order valence-electron chi connectivity index (χ2n) is 5.81. The fourth-order valence-electron chi connectivity index (χ4n) is 2.83. The van der Waals surface area contributed by atoms with Crippen molar-refractivity contribution in [3.8, 4) is 17.0 Å². The van der Waals surface area contributed by atoms with E-state index in [1.54, 1.807) is 18.2 Å². The Morgan fingerprint density at radius 1 is 1.12 bits per heavy atom. The Labute approximate surface area is 152 Å². The van der Waals surface area contributed by atoms with Gasteiger partial charge in [0.2, 0.25) is 5.82 Å². The van der Waals surface area contributed by atoms with Crippen molar-refractivity contribution >= 4 is 11.7 Å². The molecule has 0 bridgehead atoms. The van der Waals surface area contributed by atoms with Gasteiger partial charge < -0.3 is 10.1 Å². The Morgan fingerprint density at radius 2 is 1.92 bits per heavy atom. The number of carbonyl (C=O) groups is 1. The highest BCUT2D eigenvalue weighted by molar-refractivity contribution is 6.07. The van der Waals surface area contributed by atoms with Crippen LogP contribution in [0.25, 0.3) is 11.3 Å². The number of hydrogen-bond donors (Lipinski definition) is 1. The Hall–Kier alpha value is -3.15. The highest BCUT2D eigenvalue weighted by Crippen LogP contribution is 2.30. The van der Waals surface area contributed by atoms with Gasteiger partial charge in [0.05, 0.1) is 12.7 Å². The summed E-state index contributed by atoms with van der Waals surface area (Å²) in [5.74, 6) is 0.457. The van der Waals surface area contributed by atoms with E-state index in [2.05, 4.69) is 47.7 Å². The molecule has 0 unspecified atom stereocenters. The summed E-state index contributed by atoms with van der Waals surface area (Å²) in [5.41, 5.74) is 4.17. The van der Waals surface area contributed by atoms with Gasteiger partial charge in [-0.15, -0.1) is 0 Å². The van der Waals surface area contributed by atoms with E-state index in [1.165, 1.54) is 12.7 Å². The summed E-state index contributed by atoms with van der Waals surface area (Å²) in [6, 6.07) is 13.3. The molecule has 2 aromatic carbocycles. The first-order valence-electron chi connectivity index (χ1n) is 8.57. The number of anilines is 1. The summed E-state index contributed by atoms with van der Waals surface area (Å²) >= 11 is 0. The first-order chi connectivity index (χ1) is 12.7. The van der Waals surface area contributed by atoms with Crippen LogP contribution < -0.4 is 10.1 Å². The number of rotatable bonds is 6. The summed E-state index contributed by atoms with van der Waals surface area (Å²) in [7, 11) is 1.53. The number of methoxy groups -OCH3 is 1. The molecule has 0 aliphatic carbocycles. The quantitative estimate of drug-likeness (QED) is 0.723. The van der Waals surface area contributed by atoms with Crippen molar-refractivity contribution in [3.05, 3.63) is 59.2 Å². The van der Waals surface area contributed by atoms with Crippen LogP contribution in [0.1, 0.15) is 35.3 Å². The molecule has 3 aromatic rings. The Balaban J connectivity index is 1.96. The molecule has 6 heteroatoms. The highest BCUT2D eigenvalue weighted by atomic mass is 16.6. The molecule has 1 amide bonds. The molecule has 26 heavy (non-hydrogen) atoms. The van der Waals surface area contributed by atoms with Gasteiger partial charge in [0.1, 0.15) is 5.75 Å². The molecule has 1 N–H and O–H groups in total. The molecule has 0 aliphatic rings. The topological polar surface area (TPSA) is 77.3 Å². The summed E-state index contributed by atoms with van der Waals surface area (Å²) in [6.45, 7) is 4.17. The van der Waals surface area contributed by atoms with Gasteiger partial charge in [-0.05, 0) is 52.5 Å². The standard InChI is InChI=1S/C20H21N3O3/c1-4-13-10-11-14(5-2)16(12-13)18-19(23-26-22-18)21-20(24)15-8-6-7-9-17(15)25-3/h6-12H,4-5H2,1-3H3,(H,21,23,24). The predicted octanol–water partition coefficient (Wildman–Crippen LogP) is 4.12. The van der Waals surface area contributed by atoms with Gasteiger partial charge in [-0.1, -0.05) is 38.1 Å². The van der Waals surface area contributed by atoms with Crippen molar-refractivity contribution in [2.75, 3.05) is 12.4 Å². The number of carbonyl (C=O) groups excluding carboxylic acids is 1. The van der Waals surface area contributed by atoms with Crippen molar-refractivity contribution < 1.29 is 14.2 Å². The van der Waals surface area contributed by atoms with Crippen molar-refractivity contribution in [2.24, 2.45) is 0 Å². The Kier molecular flexibility index (Phi) is 5.31. The monoisotopic (exact) mass is 351 g/mol. The van der Waals surface area contributed by atoms with E-state index in [9.17, 15) is 4.79 Å². The molecule has 134 valence electrons. The predicted molar refractivity (Wildman–Crippen MR) is 99.4 cm³/mol. The first kappa shape index (κ1) is 17.7. The van der Waals surface area contributed by atoms with Crippen LogP contribution in [-0.2, 0) is 12.8 Å². The first-order valence-corrected chi connectivity index (χ1v) is 8.57. The van der Waals surface area contributed by atoms with Gasteiger partial charge in [-0.3, -0.25) is 4.79 Å². The largest absolute Gasteiger partial charge is 0.496 e. The van der Waals surface area contributed by atoms with Gasteiger partial charge in [0.25, 0.3) is 5.91 Å². The van der Waals surface area contributed by atoms with Gasteiger partial charge in [-0.2, -0.15) is 0 Å². The van der Waals surface area contributed by atoms with Crippen LogP contribution in [0.15, 0.2) is 47.1 Å². The molecular formula is C20H21N3O3. The maximum Gasteiger partial charge on any atom is 0.260 e. The van der Waals surface area contributed by atoms with E-state index in [-0.39, 0.29) is 5.91 Å². The molecule has 0 saturated heterocycles. The third-order valence-corrected chi connectivity index (χ3v) is 4.29. The van der Waals surface area contributed by atoms with E-state index in [0.29, 0.717) is 22.8 Å². The van der Waals surface area contributed by atoms with Crippen LogP contribution in [0, 0.1) is 0 Å². The summed E-state index contributed by atoms with van der Waals surface area (Å²) < 4.78 is 10.2. The van der Waals surface area contributed by atoms with Gasteiger partial charge >= 0.3 is 0 Å². The van der Waals surface area contributed by atoms with Crippen LogP contribution in [-0.4, -0.2) is 23.3 Å². The maximum absolute atomic E-state index is 12.7. The van der Waals surface area contributed by atoms with Gasteiger partial charge in [0.15, 0.2) is 5.69 Å². The number of hydrogen-bond acceptors (Lipinski definition) is 5. The van der Waals surface area contributed by atoms with E-state index >= 15 is 0 Å². The number of nitrogens with one attached hydrogen (secondary N) is 1. The molecular weight excluding hydrogens is 330 g/mol. The Bertz CT molecular complexity index is 918. The normalized spacial score (nSPS) is 10.6. The molecule has 0 saturated carbocycles. The fourth-order valence-corrected chi connectivity index (χ4v) is 2.83. The number of benzene rings is 2. The molecule has 3 rings (SSSR count). The summed E-state index contributed by atoms with van der Waals surface area (Å²) in [6.07, 6.45) is 1.75. The van der Waals surface area contributed by atoms with E-state index in [0.717, 1.165) is 24.0 Å². The maximum atomic E-state index is 12.7. The van der Waals surface area contributed by atoms with Gasteiger partial charge in [0, 0.05) is 5.56 Å². The molecule has 6 nitrogen and oxygen atoms in total. The van der Waals surface area contributed by atoms with E-state index in [4.69, 9.17) is 9.37 Å². The molecule has 0 aliphatic heterocycles.